The molecule has 1 aromatic heterocycles. The van der Waals surface area contributed by atoms with Crippen molar-refractivity contribution in [3.8, 4) is 0 Å². The van der Waals surface area contributed by atoms with Crippen LogP contribution in [0.25, 0.3) is 0 Å². The summed E-state index contributed by atoms with van der Waals surface area (Å²) in [4.78, 5) is 12.2. The number of carbonyl (C=O) groups is 1. The van der Waals surface area contributed by atoms with Crippen LogP contribution in [0.3, 0.4) is 0 Å². The van der Waals surface area contributed by atoms with Gasteiger partial charge in [-0.25, -0.2) is 0 Å². The Bertz CT molecular complexity index is 679. The first kappa shape index (κ1) is 16.6. The number of nitrogens with one attached hydrogen (secondary N) is 1. The van der Waals surface area contributed by atoms with Crippen molar-refractivity contribution in [3.63, 3.8) is 0 Å². The number of hydrogen-bond donors (Lipinski definition) is 1. The molecule has 1 amide bonds. The Hall–Kier alpha value is -1.81. The Morgan fingerprint density at radius 1 is 1.41 bits per heavy atom. The summed E-state index contributed by atoms with van der Waals surface area (Å²) in [5.41, 5.74) is 4.08. The molecular formula is C17H22ClN3O. The Kier molecular flexibility index (Phi) is 5.24. The van der Waals surface area contributed by atoms with E-state index in [1.807, 2.05) is 56.8 Å². The summed E-state index contributed by atoms with van der Waals surface area (Å²) in [7, 11) is 1.89. The zero-order valence-electron chi connectivity index (χ0n) is 13.5. The molecule has 0 radical (unpaired) electrons. The summed E-state index contributed by atoms with van der Waals surface area (Å²) in [6.45, 7) is 5.92. The van der Waals surface area contributed by atoms with Gasteiger partial charge in [-0.15, -0.1) is 0 Å². The van der Waals surface area contributed by atoms with Gasteiger partial charge in [0.1, 0.15) is 0 Å². The van der Waals surface area contributed by atoms with Gasteiger partial charge in [-0.2, -0.15) is 5.10 Å². The second-order valence-electron chi connectivity index (χ2n) is 5.75. The van der Waals surface area contributed by atoms with E-state index in [2.05, 4.69) is 10.4 Å². The molecule has 0 saturated carbocycles. The lowest BCUT2D eigenvalue weighted by Gasteiger charge is -2.14. The highest BCUT2D eigenvalue weighted by Crippen LogP contribution is 2.14. The van der Waals surface area contributed by atoms with Crippen molar-refractivity contribution in [2.45, 2.75) is 39.7 Å². The monoisotopic (exact) mass is 319 g/mol. The number of hydrogen-bond acceptors (Lipinski definition) is 2. The first-order valence-corrected chi connectivity index (χ1v) is 7.77. The predicted octanol–water partition coefficient (Wildman–Crippen LogP) is 2.98. The van der Waals surface area contributed by atoms with Gasteiger partial charge in [-0.05, 0) is 44.9 Å². The van der Waals surface area contributed by atoms with Crippen molar-refractivity contribution in [3.05, 3.63) is 51.8 Å². The van der Waals surface area contributed by atoms with Crippen LogP contribution < -0.4 is 5.32 Å². The number of rotatable bonds is 5. The average molecular weight is 320 g/mol. The van der Waals surface area contributed by atoms with Gasteiger partial charge in [-0.1, -0.05) is 23.7 Å². The van der Waals surface area contributed by atoms with Gasteiger partial charge in [0.05, 0.1) is 12.1 Å². The fourth-order valence-corrected chi connectivity index (χ4v) is 2.84. The third kappa shape index (κ3) is 4.10. The largest absolute Gasteiger partial charge is 0.353 e. The van der Waals surface area contributed by atoms with Gasteiger partial charge in [0.15, 0.2) is 0 Å². The second-order valence-corrected chi connectivity index (χ2v) is 6.19. The highest BCUT2D eigenvalue weighted by molar-refractivity contribution is 6.30. The number of aromatic nitrogens is 2. The molecule has 1 aromatic carbocycles. The maximum absolute atomic E-state index is 12.2. The summed E-state index contributed by atoms with van der Waals surface area (Å²) in [6, 6.07) is 7.78. The van der Waals surface area contributed by atoms with Crippen LogP contribution in [0.2, 0.25) is 5.02 Å². The molecule has 1 atom stereocenters. The molecule has 1 N–H and O–H groups in total. The van der Waals surface area contributed by atoms with Gasteiger partial charge in [0.2, 0.25) is 5.91 Å². The third-order valence-corrected chi connectivity index (χ3v) is 4.07. The summed E-state index contributed by atoms with van der Waals surface area (Å²) >= 11 is 5.98. The van der Waals surface area contributed by atoms with Crippen LogP contribution in [0.1, 0.15) is 29.4 Å². The lowest BCUT2D eigenvalue weighted by molar-refractivity contribution is -0.121. The first-order chi connectivity index (χ1) is 10.4. The topological polar surface area (TPSA) is 46.9 Å². The van der Waals surface area contributed by atoms with Gasteiger partial charge < -0.3 is 5.32 Å². The number of carbonyl (C=O) groups excluding carboxylic acids is 1. The number of amides is 1. The summed E-state index contributed by atoms with van der Waals surface area (Å²) < 4.78 is 1.81. The van der Waals surface area contributed by atoms with Crippen molar-refractivity contribution in [1.82, 2.24) is 15.1 Å². The molecular weight excluding hydrogens is 298 g/mol. The van der Waals surface area contributed by atoms with Crippen LogP contribution in [0.5, 0.6) is 0 Å². The van der Waals surface area contributed by atoms with Crippen molar-refractivity contribution in [2.24, 2.45) is 7.05 Å². The molecule has 1 heterocycles. The van der Waals surface area contributed by atoms with Crippen LogP contribution in [-0.4, -0.2) is 21.7 Å². The van der Waals surface area contributed by atoms with E-state index in [1.165, 1.54) is 0 Å². The molecule has 4 nitrogen and oxygen atoms in total. The highest BCUT2D eigenvalue weighted by Gasteiger charge is 2.15. The van der Waals surface area contributed by atoms with Gasteiger partial charge >= 0.3 is 0 Å². The lowest BCUT2D eigenvalue weighted by Crippen LogP contribution is -2.35. The van der Waals surface area contributed by atoms with E-state index < -0.39 is 0 Å². The second kappa shape index (κ2) is 6.97. The SMILES string of the molecule is Cc1nn(C)c(C)c1CC(=O)N[C@@H](C)Cc1cccc(Cl)c1. The third-order valence-electron chi connectivity index (χ3n) is 3.83. The van der Waals surface area contributed by atoms with Gasteiger partial charge in [-0.3, -0.25) is 9.48 Å². The van der Waals surface area contributed by atoms with E-state index in [0.29, 0.717) is 6.42 Å². The molecule has 0 fully saturated rings. The number of halogens is 1. The lowest BCUT2D eigenvalue weighted by atomic mass is 10.1. The Labute approximate surface area is 136 Å². The highest BCUT2D eigenvalue weighted by atomic mass is 35.5. The summed E-state index contributed by atoms with van der Waals surface area (Å²) in [5, 5.41) is 8.10. The van der Waals surface area contributed by atoms with Crippen molar-refractivity contribution >= 4 is 17.5 Å². The molecule has 0 bridgehead atoms. The maximum Gasteiger partial charge on any atom is 0.224 e. The standard InChI is InChI=1S/C17H22ClN3O/c1-11(8-14-6-5-7-15(18)9-14)19-17(22)10-16-12(2)20-21(4)13(16)3/h5-7,9,11H,8,10H2,1-4H3,(H,19,22)/t11-/m0/s1. The van der Waals surface area contributed by atoms with E-state index in [9.17, 15) is 4.79 Å². The van der Waals surface area contributed by atoms with E-state index in [0.717, 1.165) is 34.0 Å². The molecule has 0 aliphatic rings. The molecule has 0 unspecified atom stereocenters. The van der Waals surface area contributed by atoms with Gasteiger partial charge in [0, 0.05) is 29.4 Å². The number of nitrogens with zero attached hydrogens (tertiary/aromatic N) is 2. The Balaban J connectivity index is 1.94. The number of aryl methyl sites for hydroxylation is 2. The van der Waals surface area contributed by atoms with Crippen molar-refractivity contribution in [2.75, 3.05) is 0 Å². The normalized spacial score (nSPS) is 12.2. The quantitative estimate of drug-likeness (QED) is 0.921. The fraction of sp³-hybridized carbons (Fsp3) is 0.412. The van der Waals surface area contributed by atoms with E-state index in [1.54, 1.807) is 0 Å². The molecule has 22 heavy (non-hydrogen) atoms. The molecule has 0 spiro atoms. The fourth-order valence-electron chi connectivity index (χ4n) is 2.63. The predicted molar refractivity (Wildman–Crippen MR) is 89.1 cm³/mol. The maximum atomic E-state index is 12.2. The van der Waals surface area contributed by atoms with Crippen molar-refractivity contribution < 1.29 is 4.79 Å². The van der Waals surface area contributed by atoms with Crippen LogP contribution in [0, 0.1) is 13.8 Å². The van der Waals surface area contributed by atoms with E-state index in [-0.39, 0.29) is 11.9 Å². The first-order valence-electron chi connectivity index (χ1n) is 7.39. The minimum atomic E-state index is 0.0220. The minimum Gasteiger partial charge on any atom is -0.353 e. The molecule has 5 heteroatoms. The zero-order valence-corrected chi connectivity index (χ0v) is 14.2. The molecule has 2 aromatic rings. The molecule has 0 saturated heterocycles. The molecule has 0 aliphatic heterocycles. The Morgan fingerprint density at radius 3 is 2.73 bits per heavy atom. The molecule has 0 aliphatic carbocycles. The van der Waals surface area contributed by atoms with E-state index >= 15 is 0 Å². The minimum absolute atomic E-state index is 0.0220. The number of benzene rings is 1. The summed E-state index contributed by atoms with van der Waals surface area (Å²) in [6.07, 6.45) is 1.13. The van der Waals surface area contributed by atoms with Crippen LogP contribution in [0.15, 0.2) is 24.3 Å². The molecule has 2 rings (SSSR count). The van der Waals surface area contributed by atoms with Crippen LogP contribution in [-0.2, 0) is 24.7 Å². The zero-order chi connectivity index (χ0) is 16.3. The molecule has 118 valence electrons. The Morgan fingerprint density at radius 2 is 2.14 bits per heavy atom. The van der Waals surface area contributed by atoms with Crippen LogP contribution in [0.4, 0.5) is 0 Å². The smallest absolute Gasteiger partial charge is 0.224 e. The van der Waals surface area contributed by atoms with E-state index in [4.69, 9.17) is 11.6 Å². The van der Waals surface area contributed by atoms with Crippen molar-refractivity contribution in [1.29, 1.82) is 0 Å². The average Bonchev–Trinajstić information content (AvgIpc) is 2.65. The summed E-state index contributed by atoms with van der Waals surface area (Å²) in [5.74, 6) is 0.0220. The van der Waals surface area contributed by atoms with Crippen LogP contribution >= 0.6 is 11.6 Å². The van der Waals surface area contributed by atoms with Gasteiger partial charge in [0.25, 0.3) is 0 Å².